The molecule has 3 nitrogen and oxygen atoms in total. The van der Waals surface area contributed by atoms with E-state index in [-0.39, 0.29) is 11.7 Å². The van der Waals surface area contributed by atoms with Gasteiger partial charge in [-0.3, -0.25) is 0 Å². The van der Waals surface area contributed by atoms with Gasteiger partial charge in [-0.1, -0.05) is 18.2 Å². The molecule has 3 aromatic rings. The van der Waals surface area contributed by atoms with Crippen LogP contribution in [0.15, 0.2) is 42.5 Å². The van der Waals surface area contributed by atoms with Crippen LogP contribution in [-0.4, -0.2) is 16.6 Å². The fourth-order valence-electron chi connectivity index (χ4n) is 2.79. The monoisotopic (exact) mass is 268 g/mol. The summed E-state index contributed by atoms with van der Waals surface area (Å²) in [7, 11) is 0. The number of benzene rings is 2. The quantitative estimate of drug-likeness (QED) is 0.732. The number of ether oxygens (including phenoxy) is 1. The first kappa shape index (κ1) is 11.5. The Balaban J connectivity index is 1.84. The molecule has 0 aliphatic carbocycles. The smallest absolute Gasteiger partial charge is 0.125 e. The van der Waals surface area contributed by atoms with Crippen molar-refractivity contribution in [2.75, 3.05) is 6.61 Å². The molecule has 0 fully saturated rings. The Morgan fingerprint density at radius 3 is 3.05 bits per heavy atom. The molecule has 1 aliphatic rings. The zero-order valence-corrected chi connectivity index (χ0v) is 10.8. The summed E-state index contributed by atoms with van der Waals surface area (Å²) in [6.45, 7) is 0.674. The van der Waals surface area contributed by atoms with E-state index >= 15 is 0 Å². The number of rotatable bonds is 1. The molecule has 2 aromatic carbocycles. The van der Waals surface area contributed by atoms with Crippen LogP contribution in [0.4, 0.5) is 4.39 Å². The molecule has 0 saturated heterocycles. The maximum Gasteiger partial charge on any atom is 0.125 e. The molecule has 1 atom stereocenters. The molecule has 1 unspecified atom stereocenters. The van der Waals surface area contributed by atoms with E-state index < -0.39 is 0 Å². The van der Waals surface area contributed by atoms with Crippen molar-refractivity contribution in [3.05, 3.63) is 59.7 Å². The van der Waals surface area contributed by atoms with Gasteiger partial charge in [0.25, 0.3) is 0 Å². The van der Waals surface area contributed by atoms with Crippen LogP contribution in [0.25, 0.3) is 11.0 Å². The van der Waals surface area contributed by atoms with Crippen LogP contribution >= 0.6 is 0 Å². The fourth-order valence-corrected chi connectivity index (χ4v) is 2.79. The largest absolute Gasteiger partial charge is 0.493 e. The second-order valence-corrected chi connectivity index (χ2v) is 5.01. The minimum atomic E-state index is -0.250. The number of fused-ring (bicyclic) bond motifs is 2. The van der Waals surface area contributed by atoms with Crippen molar-refractivity contribution >= 4 is 11.0 Å². The van der Waals surface area contributed by atoms with Gasteiger partial charge >= 0.3 is 0 Å². The Hall–Kier alpha value is -2.36. The third-order valence-corrected chi connectivity index (χ3v) is 3.75. The number of imidazole rings is 1. The second-order valence-electron chi connectivity index (χ2n) is 5.01. The van der Waals surface area contributed by atoms with Crippen LogP contribution in [0.2, 0.25) is 0 Å². The first-order valence-corrected chi connectivity index (χ1v) is 6.68. The average molecular weight is 268 g/mol. The summed E-state index contributed by atoms with van der Waals surface area (Å²) in [6.07, 6.45) is 0.874. The lowest BCUT2D eigenvalue weighted by molar-refractivity contribution is 0.275. The number of halogens is 1. The Morgan fingerprint density at radius 2 is 2.10 bits per heavy atom. The number of aromatic nitrogens is 2. The SMILES string of the molecule is Fc1ccc2nc(C3CCOc4ccccc43)[nH]c2c1. The summed E-state index contributed by atoms with van der Waals surface area (Å²) in [5, 5.41) is 0. The predicted octanol–water partition coefficient (Wildman–Crippen LogP) is 3.62. The van der Waals surface area contributed by atoms with E-state index in [1.807, 2.05) is 18.2 Å². The van der Waals surface area contributed by atoms with Gasteiger partial charge in [0.05, 0.1) is 17.6 Å². The summed E-state index contributed by atoms with van der Waals surface area (Å²) in [5.74, 6) is 1.72. The van der Waals surface area contributed by atoms with E-state index in [9.17, 15) is 4.39 Å². The van der Waals surface area contributed by atoms with Crippen molar-refractivity contribution in [3.63, 3.8) is 0 Å². The summed E-state index contributed by atoms with van der Waals surface area (Å²) >= 11 is 0. The molecule has 1 aliphatic heterocycles. The van der Waals surface area contributed by atoms with Crippen molar-refractivity contribution in [2.45, 2.75) is 12.3 Å². The number of aromatic amines is 1. The maximum atomic E-state index is 13.3. The Labute approximate surface area is 115 Å². The van der Waals surface area contributed by atoms with Crippen LogP contribution < -0.4 is 4.74 Å². The molecular formula is C16H13FN2O. The zero-order chi connectivity index (χ0) is 13.5. The van der Waals surface area contributed by atoms with Crippen molar-refractivity contribution in [1.82, 2.24) is 9.97 Å². The number of H-pyrrole nitrogens is 1. The standard InChI is InChI=1S/C16H13FN2O/c17-10-5-6-13-14(9-10)19-16(18-13)12-7-8-20-15-4-2-1-3-11(12)15/h1-6,9,12H,7-8H2,(H,18,19). The van der Waals surface area contributed by atoms with E-state index in [4.69, 9.17) is 4.74 Å². The van der Waals surface area contributed by atoms with Crippen molar-refractivity contribution in [1.29, 1.82) is 0 Å². The molecule has 0 saturated carbocycles. The lowest BCUT2D eigenvalue weighted by Crippen LogP contribution is -2.16. The molecule has 4 rings (SSSR count). The lowest BCUT2D eigenvalue weighted by atomic mass is 9.92. The summed E-state index contributed by atoms with van der Waals surface area (Å²) in [5.41, 5.74) is 2.67. The molecule has 4 heteroatoms. The van der Waals surface area contributed by atoms with Gasteiger partial charge in [0, 0.05) is 11.5 Å². The van der Waals surface area contributed by atoms with Gasteiger partial charge in [-0.2, -0.15) is 0 Å². The highest BCUT2D eigenvalue weighted by Crippen LogP contribution is 2.37. The molecule has 0 spiro atoms. The highest BCUT2D eigenvalue weighted by Gasteiger charge is 2.25. The highest BCUT2D eigenvalue weighted by atomic mass is 19.1. The number of para-hydroxylation sites is 1. The van der Waals surface area contributed by atoms with E-state index in [1.54, 1.807) is 6.07 Å². The van der Waals surface area contributed by atoms with Crippen LogP contribution in [0.5, 0.6) is 5.75 Å². The Kier molecular flexibility index (Phi) is 2.49. The normalized spacial score (nSPS) is 17.8. The third kappa shape index (κ3) is 1.76. The van der Waals surface area contributed by atoms with Crippen LogP contribution in [0, 0.1) is 5.82 Å². The summed E-state index contributed by atoms with van der Waals surface area (Å²) in [6, 6.07) is 12.6. The molecule has 1 N–H and O–H groups in total. The molecule has 0 amide bonds. The average Bonchev–Trinajstić information content (AvgIpc) is 2.89. The van der Waals surface area contributed by atoms with E-state index in [0.717, 1.165) is 34.6 Å². The zero-order valence-electron chi connectivity index (χ0n) is 10.8. The van der Waals surface area contributed by atoms with Gasteiger partial charge in [-0.15, -0.1) is 0 Å². The third-order valence-electron chi connectivity index (χ3n) is 3.75. The summed E-state index contributed by atoms with van der Waals surface area (Å²) < 4.78 is 18.9. The van der Waals surface area contributed by atoms with E-state index in [2.05, 4.69) is 16.0 Å². The van der Waals surface area contributed by atoms with Crippen molar-refractivity contribution < 1.29 is 9.13 Å². The topological polar surface area (TPSA) is 37.9 Å². The first-order valence-electron chi connectivity index (χ1n) is 6.68. The van der Waals surface area contributed by atoms with Crippen molar-refractivity contribution in [3.8, 4) is 5.75 Å². The minimum absolute atomic E-state index is 0.176. The van der Waals surface area contributed by atoms with Gasteiger partial charge in [0.2, 0.25) is 0 Å². The van der Waals surface area contributed by atoms with Gasteiger partial charge in [-0.25, -0.2) is 9.37 Å². The summed E-state index contributed by atoms with van der Waals surface area (Å²) in [4.78, 5) is 7.84. The molecule has 20 heavy (non-hydrogen) atoms. The number of hydrogen-bond acceptors (Lipinski definition) is 2. The number of hydrogen-bond donors (Lipinski definition) is 1. The molecule has 2 heterocycles. The van der Waals surface area contributed by atoms with Gasteiger partial charge in [0.15, 0.2) is 0 Å². The first-order chi connectivity index (χ1) is 9.81. The van der Waals surface area contributed by atoms with Gasteiger partial charge < -0.3 is 9.72 Å². The predicted molar refractivity (Wildman–Crippen MR) is 74.4 cm³/mol. The van der Waals surface area contributed by atoms with E-state index in [0.29, 0.717) is 6.61 Å². The van der Waals surface area contributed by atoms with Gasteiger partial charge in [0.1, 0.15) is 17.4 Å². The van der Waals surface area contributed by atoms with Crippen LogP contribution in [0.1, 0.15) is 23.7 Å². The number of nitrogens with one attached hydrogen (secondary N) is 1. The lowest BCUT2D eigenvalue weighted by Gasteiger charge is -2.24. The van der Waals surface area contributed by atoms with Crippen LogP contribution in [-0.2, 0) is 0 Å². The molecule has 1 aromatic heterocycles. The number of nitrogens with zero attached hydrogens (tertiary/aromatic N) is 1. The molecule has 0 radical (unpaired) electrons. The van der Waals surface area contributed by atoms with Crippen molar-refractivity contribution in [2.24, 2.45) is 0 Å². The minimum Gasteiger partial charge on any atom is -0.493 e. The Bertz CT molecular complexity index is 781. The molecule has 0 bridgehead atoms. The maximum absolute atomic E-state index is 13.3. The van der Waals surface area contributed by atoms with E-state index in [1.165, 1.54) is 12.1 Å². The van der Waals surface area contributed by atoms with Crippen LogP contribution in [0.3, 0.4) is 0 Å². The second kappa shape index (κ2) is 4.34. The molecular weight excluding hydrogens is 255 g/mol. The fraction of sp³-hybridized carbons (Fsp3) is 0.188. The van der Waals surface area contributed by atoms with Gasteiger partial charge in [-0.05, 0) is 30.7 Å². The Morgan fingerprint density at radius 1 is 1.20 bits per heavy atom. The molecule has 100 valence electrons. The highest BCUT2D eigenvalue weighted by molar-refractivity contribution is 5.75.